The minimum Gasteiger partial charge on any atom is -0.382 e. The van der Waals surface area contributed by atoms with Crippen LogP contribution in [0.5, 0.6) is 0 Å². The molecule has 0 aliphatic carbocycles. The van der Waals surface area contributed by atoms with Crippen LogP contribution in [0.3, 0.4) is 0 Å². The van der Waals surface area contributed by atoms with E-state index in [1.807, 2.05) is 0 Å². The van der Waals surface area contributed by atoms with Crippen molar-refractivity contribution in [2.24, 2.45) is 0 Å². The predicted molar refractivity (Wildman–Crippen MR) is 68.2 cm³/mol. The first-order chi connectivity index (χ1) is 9.06. The summed E-state index contributed by atoms with van der Waals surface area (Å²) in [6.45, 7) is 0. The molecule has 0 atom stereocenters. The zero-order valence-electron chi connectivity index (χ0n) is 9.54. The van der Waals surface area contributed by atoms with Crippen LogP contribution in [0.1, 0.15) is 0 Å². The third kappa shape index (κ3) is 2.94. The third-order valence-corrected chi connectivity index (χ3v) is 2.03. The van der Waals surface area contributed by atoms with E-state index in [0.29, 0.717) is 11.2 Å². The Balaban J connectivity index is 0.000000148. The van der Waals surface area contributed by atoms with Crippen molar-refractivity contribution in [1.82, 2.24) is 29.9 Å². The number of nitrogen functional groups attached to an aromatic ring is 2. The van der Waals surface area contributed by atoms with Gasteiger partial charge in [0, 0.05) is 12.3 Å². The van der Waals surface area contributed by atoms with E-state index in [2.05, 4.69) is 29.9 Å². The molecule has 0 radical (unpaired) electrons. The predicted octanol–water partition coefficient (Wildman–Crippen LogP) is -1.42. The SMILES string of the molecule is Nc1nc(=O)[nH]c2nc[nH]c12.Nc1nccc(=O)[nH]1. The van der Waals surface area contributed by atoms with Gasteiger partial charge in [0.15, 0.2) is 17.4 Å². The van der Waals surface area contributed by atoms with Crippen LogP contribution in [0.25, 0.3) is 11.2 Å². The van der Waals surface area contributed by atoms with Crippen molar-refractivity contribution < 1.29 is 0 Å². The quantitative estimate of drug-likeness (QED) is 0.330. The number of rotatable bonds is 0. The molecule has 0 aromatic carbocycles. The Morgan fingerprint density at radius 1 is 1.11 bits per heavy atom. The Kier molecular flexibility index (Phi) is 3.23. The molecule has 10 heteroatoms. The molecule has 98 valence electrons. The smallest absolute Gasteiger partial charge is 0.348 e. The normalized spacial score (nSPS) is 9.89. The number of fused-ring (bicyclic) bond motifs is 1. The van der Waals surface area contributed by atoms with Gasteiger partial charge in [0.2, 0.25) is 0 Å². The number of imidazole rings is 1. The standard InChI is InChI=1S/C5H5N5O.C4H5N3O/c6-3-2-4(8-1-7-2)10-5(11)9-3;5-4-6-2-1-3(8)7-4/h1H,(H4,6,7,8,9,10,11);1-2H,(H3,5,6,7,8). The Morgan fingerprint density at radius 3 is 2.53 bits per heavy atom. The third-order valence-electron chi connectivity index (χ3n) is 2.03. The molecule has 0 aliphatic heterocycles. The first kappa shape index (κ1) is 12.3. The lowest BCUT2D eigenvalue weighted by molar-refractivity contribution is 1.11. The molecule has 10 nitrogen and oxygen atoms in total. The molecule has 19 heavy (non-hydrogen) atoms. The highest BCUT2D eigenvalue weighted by Gasteiger charge is 2.01. The maximum atomic E-state index is 10.7. The monoisotopic (exact) mass is 262 g/mol. The van der Waals surface area contributed by atoms with Crippen LogP contribution in [0.15, 0.2) is 28.2 Å². The average molecular weight is 262 g/mol. The highest BCUT2D eigenvalue weighted by molar-refractivity contribution is 5.80. The fourth-order valence-electron chi connectivity index (χ4n) is 1.26. The van der Waals surface area contributed by atoms with E-state index in [-0.39, 0.29) is 17.3 Å². The zero-order valence-corrected chi connectivity index (χ0v) is 9.54. The number of hydrogen-bond acceptors (Lipinski definition) is 7. The molecule has 0 saturated heterocycles. The molecule has 3 heterocycles. The minimum atomic E-state index is -0.484. The van der Waals surface area contributed by atoms with Gasteiger partial charge in [-0.3, -0.25) is 14.8 Å². The molecular weight excluding hydrogens is 252 g/mol. The summed E-state index contributed by atoms with van der Waals surface area (Å²) >= 11 is 0. The first-order valence-corrected chi connectivity index (χ1v) is 5.06. The van der Waals surface area contributed by atoms with Crippen molar-refractivity contribution in [3.8, 4) is 0 Å². The summed E-state index contributed by atoms with van der Waals surface area (Å²) in [7, 11) is 0. The van der Waals surface area contributed by atoms with Crippen LogP contribution in [-0.4, -0.2) is 29.9 Å². The van der Waals surface area contributed by atoms with E-state index in [4.69, 9.17) is 11.5 Å². The van der Waals surface area contributed by atoms with E-state index in [1.165, 1.54) is 18.6 Å². The number of aromatic amines is 3. The zero-order chi connectivity index (χ0) is 13.8. The van der Waals surface area contributed by atoms with Gasteiger partial charge in [-0.15, -0.1) is 0 Å². The van der Waals surface area contributed by atoms with Crippen molar-refractivity contribution >= 4 is 22.9 Å². The maximum Gasteiger partial charge on any atom is 0.348 e. The number of nitrogens with one attached hydrogen (secondary N) is 3. The van der Waals surface area contributed by atoms with Gasteiger partial charge in [0.1, 0.15) is 5.52 Å². The van der Waals surface area contributed by atoms with Gasteiger partial charge in [-0.25, -0.2) is 14.8 Å². The van der Waals surface area contributed by atoms with Crippen molar-refractivity contribution in [2.75, 3.05) is 11.5 Å². The summed E-state index contributed by atoms with van der Waals surface area (Å²) in [4.78, 5) is 39.3. The van der Waals surface area contributed by atoms with Gasteiger partial charge in [0.05, 0.1) is 6.33 Å². The number of hydrogen-bond donors (Lipinski definition) is 5. The molecular formula is C9H10N8O2. The van der Waals surface area contributed by atoms with E-state index < -0.39 is 5.69 Å². The average Bonchev–Trinajstić information content (AvgIpc) is 2.77. The number of H-pyrrole nitrogens is 3. The summed E-state index contributed by atoms with van der Waals surface area (Å²) < 4.78 is 0. The Hall–Kier alpha value is -3.17. The number of nitrogens with two attached hydrogens (primary N) is 2. The highest BCUT2D eigenvalue weighted by atomic mass is 16.1. The van der Waals surface area contributed by atoms with Crippen molar-refractivity contribution in [3.63, 3.8) is 0 Å². The largest absolute Gasteiger partial charge is 0.382 e. The van der Waals surface area contributed by atoms with Crippen LogP contribution in [0.2, 0.25) is 0 Å². The fraction of sp³-hybridized carbons (Fsp3) is 0. The van der Waals surface area contributed by atoms with Crippen LogP contribution >= 0.6 is 0 Å². The van der Waals surface area contributed by atoms with Crippen LogP contribution in [0.4, 0.5) is 11.8 Å². The Bertz CT molecular complexity index is 801. The lowest BCUT2D eigenvalue weighted by atomic mass is 10.5. The van der Waals surface area contributed by atoms with Gasteiger partial charge < -0.3 is 16.5 Å². The van der Waals surface area contributed by atoms with Gasteiger partial charge >= 0.3 is 5.69 Å². The van der Waals surface area contributed by atoms with E-state index in [1.54, 1.807) is 0 Å². The lowest BCUT2D eigenvalue weighted by Crippen LogP contribution is -2.12. The van der Waals surface area contributed by atoms with Crippen LogP contribution in [-0.2, 0) is 0 Å². The summed E-state index contributed by atoms with van der Waals surface area (Å²) in [5.41, 5.74) is 10.8. The second-order valence-electron chi connectivity index (χ2n) is 3.37. The van der Waals surface area contributed by atoms with Crippen LogP contribution < -0.4 is 22.7 Å². The van der Waals surface area contributed by atoms with Crippen molar-refractivity contribution in [1.29, 1.82) is 0 Å². The van der Waals surface area contributed by atoms with Crippen molar-refractivity contribution in [3.05, 3.63) is 39.4 Å². The molecule has 0 spiro atoms. The van der Waals surface area contributed by atoms with E-state index in [0.717, 1.165) is 0 Å². The molecule has 0 bridgehead atoms. The number of aromatic nitrogens is 6. The fourth-order valence-corrected chi connectivity index (χ4v) is 1.26. The summed E-state index contributed by atoms with van der Waals surface area (Å²) in [5.74, 6) is 0.318. The highest BCUT2D eigenvalue weighted by Crippen LogP contribution is 2.07. The molecule has 3 aromatic heterocycles. The Labute approximate surface area is 104 Å². The molecule has 3 rings (SSSR count). The topological polar surface area (TPSA) is 172 Å². The molecule has 7 N–H and O–H groups in total. The lowest BCUT2D eigenvalue weighted by Gasteiger charge is -1.90. The number of nitrogens with zero attached hydrogens (tertiary/aromatic N) is 3. The van der Waals surface area contributed by atoms with Gasteiger partial charge in [0.25, 0.3) is 5.56 Å². The maximum absolute atomic E-state index is 10.7. The van der Waals surface area contributed by atoms with Crippen LogP contribution in [0, 0.1) is 0 Å². The summed E-state index contributed by atoms with van der Waals surface area (Å²) in [5, 5.41) is 0. The van der Waals surface area contributed by atoms with Gasteiger partial charge in [-0.1, -0.05) is 0 Å². The van der Waals surface area contributed by atoms with E-state index >= 15 is 0 Å². The molecule has 0 amide bonds. The molecule has 0 unspecified atom stereocenters. The molecule has 0 aliphatic rings. The van der Waals surface area contributed by atoms with E-state index in [9.17, 15) is 9.59 Å². The summed E-state index contributed by atoms with van der Waals surface area (Å²) in [6.07, 6.45) is 2.80. The van der Waals surface area contributed by atoms with Gasteiger partial charge in [-0.2, -0.15) is 4.98 Å². The molecule has 0 fully saturated rings. The molecule has 3 aromatic rings. The second-order valence-corrected chi connectivity index (χ2v) is 3.37. The first-order valence-electron chi connectivity index (χ1n) is 5.06. The van der Waals surface area contributed by atoms with Gasteiger partial charge in [-0.05, 0) is 0 Å². The molecule has 0 saturated carbocycles. The summed E-state index contributed by atoms with van der Waals surface area (Å²) in [6, 6.07) is 1.30. The van der Waals surface area contributed by atoms with Crippen molar-refractivity contribution in [2.45, 2.75) is 0 Å². The minimum absolute atomic E-state index is 0.150. The number of anilines is 2. The Morgan fingerprint density at radius 2 is 1.89 bits per heavy atom. The second kappa shape index (κ2) is 5.00.